The molecule has 1 saturated carbocycles. The fraction of sp³-hybridized carbons (Fsp3) is 0.250. The Kier molecular flexibility index (Phi) is 3.66. The number of carbonyl (C=O) groups is 2. The summed E-state index contributed by atoms with van der Waals surface area (Å²) < 4.78 is 47.2. The maximum absolute atomic E-state index is 12.5. The van der Waals surface area contributed by atoms with Gasteiger partial charge in [0.1, 0.15) is 17.8 Å². The average Bonchev–Trinajstić information content (AvgIpc) is 3.35. The lowest BCUT2D eigenvalue weighted by Crippen LogP contribution is -2.39. The minimum absolute atomic E-state index is 0.0751. The lowest BCUT2D eigenvalue weighted by Gasteiger charge is -2.25. The molecule has 2 aliphatic rings. The maximum atomic E-state index is 12.5. The van der Waals surface area contributed by atoms with E-state index in [2.05, 4.69) is 4.28 Å². The van der Waals surface area contributed by atoms with E-state index in [-0.39, 0.29) is 22.3 Å². The summed E-state index contributed by atoms with van der Waals surface area (Å²) in [4.78, 5) is 24.9. The van der Waals surface area contributed by atoms with Crippen LogP contribution in [-0.4, -0.2) is 28.5 Å². The Morgan fingerprint density at radius 1 is 1.08 bits per heavy atom. The smallest absolute Gasteiger partial charge is 0.470 e. The second-order valence-corrected chi connectivity index (χ2v) is 6.48. The van der Waals surface area contributed by atoms with Crippen molar-refractivity contribution < 1.29 is 31.8 Å². The average molecular weight is 369 g/mol. The molecule has 0 unspecified atom stereocenters. The first-order valence-corrected chi connectivity index (χ1v) is 8.12. The summed E-state index contributed by atoms with van der Waals surface area (Å²) in [5.41, 5.74) is -4.57. The molecule has 25 heavy (non-hydrogen) atoms. The van der Waals surface area contributed by atoms with Crippen molar-refractivity contribution >= 4 is 34.6 Å². The molecule has 5 nitrogen and oxygen atoms in total. The molecule has 0 radical (unpaired) electrons. The van der Waals surface area contributed by atoms with Crippen LogP contribution in [0.1, 0.15) is 33.6 Å². The van der Waals surface area contributed by atoms with Crippen molar-refractivity contribution in [1.82, 2.24) is 5.06 Å². The number of alkyl halides is 3. The van der Waals surface area contributed by atoms with Gasteiger partial charge in [-0.3, -0.25) is 9.59 Å². The van der Waals surface area contributed by atoms with Crippen LogP contribution in [0.4, 0.5) is 13.2 Å². The van der Waals surface area contributed by atoms with Crippen LogP contribution in [0.5, 0.6) is 5.75 Å². The molecule has 0 spiro atoms. The van der Waals surface area contributed by atoms with E-state index in [0.717, 1.165) is 12.8 Å². The fourth-order valence-corrected chi connectivity index (χ4v) is 2.95. The van der Waals surface area contributed by atoms with Gasteiger partial charge in [0.25, 0.3) is 11.8 Å². The molecule has 1 fully saturated rings. The molecule has 0 atom stereocenters. The van der Waals surface area contributed by atoms with Crippen LogP contribution >= 0.6 is 12.0 Å². The molecule has 9 heteroatoms. The number of benzene rings is 2. The van der Waals surface area contributed by atoms with Gasteiger partial charge in [-0.25, -0.2) is 0 Å². The lowest BCUT2D eigenvalue weighted by atomic mass is 9.95. The van der Waals surface area contributed by atoms with Crippen molar-refractivity contribution in [2.75, 3.05) is 0 Å². The largest absolute Gasteiger partial charge is 0.490 e. The van der Waals surface area contributed by atoms with Gasteiger partial charge in [0, 0.05) is 5.39 Å². The van der Waals surface area contributed by atoms with E-state index >= 15 is 0 Å². The van der Waals surface area contributed by atoms with Crippen LogP contribution < -0.4 is 4.74 Å². The molecule has 2 aromatic rings. The summed E-state index contributed by atoms with van der Waals surface area (Å²) in [6.07, 6.45) is 1.91. The number of rotatable bonds is 4. The summed E-state index contributed by atoms with van der Waals surface area (Å²) in [6.45, 7) is 0. The van der Waals surface area contributed by atoms with E-state index < -0.39 is 29.4 Å². The second-order valence-electron chi connectivity index (χ2n) is 5.70. The zero-order valence-corrected chi connectivity index (χ0v) is 13.3. The normalized spacial score (nSPS) is 17.3. The standard InChI is InChI=1S/C16H10F3NO4S/c17-16(18,19)25-24-20-14(21)11-3-1-2-8-6-10(23-9-4-5-9)7-12(13(8)11)15(20)22/h1-3,6-7,9H,4-5H2. The lowest BCUT2D eigenvalue weighted by molar-refractivity contribution is -0.0570. The van der Waals surface area contributed by atoms with Crippen LogP contribution in [0, 0.1) is 0 Å². The predicted octanol–water partition coefficient (Wildman–Crippen LogP) is 4.08. The number of hydrogen-bond donors (Lipinski definition) is 0. The van der Waals surface area contributed by atoms with Crippen molar-refractivity contribution in [3.8, 4) is 5.75 Å². The zero-order valence-electron chi connectivity index (χ0n) is 12.5. The quantitative estimate of drug-likeness (QED) is 0.601. The summed E-state index contributed by atoms with van der Waals surface area (Å²) >= 11 is -0.910. The Morgan fingerprint density at radius 2 is 1.80 bits per heavy atom. The number of halogens is 3. The number of imide groups is 1. The SMILES string of the molecule is O=C1c2cccc3cc(OC4CC4)cc(c23)C(=O)N1OSC(F)(F)F. The Hall–Kier alpha value is -2.26. The molecule has 0 saturated heterocycles. The van der Waals surface area contributed by atoms with Gasteiger partial charge in [0.15, 0.2) is 0 Å². The number of hydroxylamine groups is 2. The molecule has 0 N–H and O–H groups in total. The van der Waals surface area contributed by atoms with E-state index in [4.69, 9.17) is 4.74 Å². The number of ether oxygens (including phenoxy) is 1. The van der Waals surface area contributed by atoms with Crippen molar-refractivity contribution in [1.29, 1.82) is 0 Å². The summed E-state index contributed by atoms with van der Waals surface area (Å²) in [5.74, 6) is -1.45. The van der Waals surface area contributed by atoms with Gasteiger partial charge < -0.3 is 4.74 Å². The van der Waals surface area contributed by atoms with Gasteiger partial charge in [-0.15, -0.1) is 5.06 Å². The van der Waals surface area contributed by atoms with E-state index in [9.17, 15) is 22.8 Å². The van der Waals surface area contributed by atoms with Crippen LogP contribution in [0.2, 0.25) is 0 Å². The molecule has 1 aliphatic carbocycles. The molecule has 1 heterocycles. The Labute approximate surface area is 143 Å². The van der Waals surface area contributed by atoms with E-state index in [1.807, 2.05) is 0 Å². The van der Waals surface area contributed by atoms with Gasteiger partial charge in [0.05, 0.1) is 17.2 Å². The third kappa shape index (κ3) is 3.05. The van der Waals surface area contributed by atoms with Crippen LogP contribution in [0.15, 0.2) is 30.3 Å². The van der Waals surface area contributed by atoms with Crippen molar-refractivity contribution in [3.63, 3.8) is 0 Å². The molecule has 2 aromatic carbocycles. The molecular formula is C16H10F3NO4S. The van der Waals surface area contributed by atoms with E-state index in [1.165, 1.54) is 12.1 Å². The first-order chi connectivity index (χ1) is 11.8. The third-order valence-electron chi connectivity index (χ3n) is 3.81. The van der Waals surface area contributed by atoms with Crippen LogP contribution in [0.25, 0.3) is 10.8 Å². The first-order valence-electron chi connectivity index (χ1n) is 7.38. The second kappa shape index (κ2) is 5.63. The van der Waals surface area contributed by atoms with E-state index in [1.54, 1.807) is 18.2 Å². The highest BCUT2D eigenvalue weighted by Crippen LogP contribution is 2.38. The molecule has 0 aromatic heterocycles. The summed E-state index contributed by atoms with van der Waals surface area (Å²) in [6, 6.07) is 7.89. The minimum atomic E-state index is -4.75. The molecule has 0 bridgehead atoms. The van der Waals surface area contributed by atoms with Gasteiger partial charge in [0.2, 0.25) is 0 Å². The monoisotopic (exact) mass is 369 g/mol. The Morgan fingerprint density at radius 3 is 2.48 bits per heavy atom. The predicted molar refractivity (Wildman–Crippen MR) is 82.8 cm³/mol. The van der Waals surface area contributed by atoms with Gasteiger partial charge in [-0.2, -0.15) is 17.5 Å². The molecule has 2 amide bonds. The number of nitrogens with zero attached hydrogens (tertiary/aromatic N) is 1. The van der Waals surface area contributed by atoms with Crippen LogP contribution in [-0.2, 0) is 4.28 Å². The number of carbonyl (C=O) groups excluding carboxylic acids is 2. The van der Waals surface area contributed by atoms with Gasteiger partial charge >= 0.3 is 5.51 Å². The molecule has 130 valence electrons. The van der Waals surface area contributed by atoms with Crippen molar-refractivity contribution in [2.45, 2.75) is 24.5 Å². The molecular weight excluding hydrogens is 359 g/mol. The highest BCUT2D eigenvalue weighted by Gasteiger charge is 2.39. The van der Waals surface area contributed by atoms with Gasteiger partial charge in [-0.05, 0) is 36.4 Å². The number of hydrogen-bond acceptors (Lipinski definition) is 5. The van der Waals surface area contributed by atoms with Gasteiger partial charge in [-0.1, -0.05) is 12.1 Å². The molecule has 4 rings (SSSR count). The van der Waals surface area contributed by atoms with Crippen molar-refractivity contribution in [2.24, 2.45) is 0 Å². The minimum Gasteiger partial charge on any atom is -0.490 e. The zero-order chi connectivity index (χ0) is 17.8. The Balaban J connectivity index is 1.77. The molecule has 1 aliphatic heterocycles. The fourth-order valence-electron chi connectivity index (χ4n) is 2.65. The topological polar surface area (TPSA) is 55.8 Å². The van der Waals surface area contributed by atoms with E-state index in [0.29, 0.717) is 16.5 Å². The number of amides is 2. The third-order valence-corrected chi connectivity index (χ3v) is 4.23. The Bertz CT molecular complexity index is 895. The summed E-state index contributed by atoms with van der Waals surface area (Å²) in [7, 11) is 0. The summed E-state index contributed by atoms with van der Waals surface area (Å²) in [5, 5.41) is 1.13. The first kappa shape index (κ1) is 16.2. The van der Waals surface area contributed by atoms with Crippen LogP contribution in [0.3, 0.4) is 0 Å². The van der Waals surface area contributed by atoms with Crippen molar-refractivity contribution in [3.05, 3.63) is 41.5 Å². The highest BCUT2D eigenvalue weighted by atomic mass is 32.2. The highest BCUT2D eigenvalue weighted by molar-refractivity contribution is 7.95. The maximum Gasteiger partial charge on any atom is 0.470 e.